The molecule has 0 N–H and O–H groups in total. The lowest BCUT2D eigenvalue weighted by Gasteiger charge is -2.25. The van der Waals surface area contributed by atoms with Crippen molar-refractivity contribution in [1.82, 2.24) is 0 Å². The van der Waals surface area contributed by atoms with Crippen molar-refractivity contribution >= 4 is 17.8 Å². The zero-order valence-corrected chi connectivity index (χ0v) is 12.1. The van der Waals surface area contributed by atoms with Gasteiger partial charge < -0.3 is 4.57 Å². The summed E-state index contributed by atoms with van der Waals surface area (Å²) in [6, 6.07) is 19.5. The molecule has 1 atom stereocenters. The Morgan fingerprint density at radius 1 is 1.00 bits per heavy atom. The molecule has 0 saturated carbocycles. The number of hydrogen-bond acceptors (Lipinski definition) is 1. The van der Waals surface area contributed by atoms with E-state index in [0.29, 0.717) is 0 Å². The normalized spacial score (nSPS) is 12.9. The third kappa shape index (κ3) is 2.57. The van der Waals surface area contributed by atoms with Gasteiger partial charge in [-0.15, -0.1) is 6.58 Å². The molecule has 2 rings (SSSR count). The molecule has 0 spiro atoms. The largest absolute Gasteiger partial charge is 0.313 e. The van der Waals surface area contributed by atoms with Crippen LogP contribution in [0.3, 0.4) is 0 Å². The molecular weight excluding hydrogens is 251 g/mol. The van der Waals surface area contributed by atoms with Crippen LogP contribution >= 0.6 is 7.14 Å². The van der Waals surface area contributed by atoms with Crippen molar-refractivity contribution < 1.29 is 4.57 Å². The molecule has 98 valence electrons. The van der Waals surface area contributed by atoms with Gasteiger partial charge in [0, 0.05) is 16.3 Å². The van der Waals surface area contributed by atoms with Crippen LogP contribution in [-0.2, 0) is 4.57 Å². The van der Waals surface area contributed by atoms with E-state index in [9.17, 15) is 4.57 Å². The van der Waals surface area contributed by atoms with Gasteiger partial charge >= 0.3 is 0 Å². The topological polar surface area (TPSA) is 17.1 Å². The lowest BCUT2D eigenvalue weighted by atomic mass is 10.3. The van der Waals surface area contributed by atoms with Gasteiger partial charge in [0.15, 0.2) is 0 Å². The highest BCUT2D eigenvalue weighted by molar-refractivity contribution is 7.79. The van der Waals surface area contributed by atoms with Crippen LogP contribution in [-0.4, -0.2) is 5.66 Å². The number of benzene rings is 2. The van der Waals surface area contributed by atoms with Crippen molar-refractivity contribution in [2.75, 3.05) is 0 Å². The number of allylic oxidation sites excluding steroid dienone is 1. The average molecular weight is 270 g/mol. The molecule has 0 amide bonds. The minimum absolute atomic E-state index is 0.0164. The molecule has 1 nitrogen and oxygen atoms in total. The van der Waals surface area contributed by atoms with Gasteiger partial charge in [0.25, 0.3) is 0 Å². The Labute approximate surface area is 115 Å². The van der Waals surface area contributed by atoms with Gasteiger partial charge in [0.05, 0.1) is 0 Å². The number of rotatable bonds is 5. The van der Waals surface area contributed by atoms with Gasteiger partial charge in [-0.1, -0.05) is 73.7 Å². The van der Waals surface area contributed by atoms with Gasteiger partial charge in [-0.25, -0.2) is 0 Å². The molecule has 0 heterocycles. The first-order chi connectivity index (χ1) is 9.23. The SMILES string of the molecule is C=CC(CC)P(=O)(c1ccccc1)c1ccccc1. The van der Waals surface area contributed by atoms with Crippen molar-refractivity contribution in [1.29, 1.82) is 0 Å². The Balaban J connectivity index is 2.64. The maximum absolute atomic E-state index is 13.7. The molecule has 0 fully saturated rings. The standard InChI is InChI=1S/C17H19OP/c1-3-15(4-2)19(18,16-11-7-5-8-12-16)17-13-9-6-10-14-17/h3,5-15H,1,4H2,2H3. The monoisotopic (exact) mass is 270 g/mol. The second kappa shape index (κ2) is 6.04. The van der Waals surface area contributed by atoms with Gasteiger partial charge in [-0.2, -0.15) is 0 Å². The molecule has 0 aromatic heterocycles. The van der Waals surface area contributed by atoms with Crippen LogP contribution in [0.25, 0.3) is 0 Å². The van der Waals surface area contributed by atoms with Gasteiger partial charge in [-0.05, 0) is 6.42 Å². The Morgan fingerprint density at radius 3 is 1.74 bits per heavy atom. The van der Waals surface area contributed by atoms with E-state index in [0.717, 1.165) is 17.0 Å². The molecule has 1 unspecified atom stereocenters. The summed E-state index contributed by atoms with van der Waals surface area (Å²) in [7, 11) is -2.65. The Bertz CT molecular complexity index is 531. The Hall–Kier alpha value is -1.59. The molecule has 0 radical (unpaired) electrons. The summed E-state index contributed by atoms with van der Waals surface area (Å²) >= 11 is 0. The quantitative estimate of drug-likeness (QED) is 0.593. The molecule has 0 aliphatic rings. The van der Waals surface area contributed by atoms with E-state index in [4.69, 9.17) is 0 Å². The van der Waals surface area contributed by atoms with Crippen LogP contribution in [0.2, 0.25) is 0 Å². The minimum atomic E-state index is -2.65. The molecule has 0 aliphatic heterocycles. The maximum atomic E-state index is 13.7. The Kier molecular flexibility index (Phi) is 4.39. The lowest BCUT2D eigenvalue weighted by molar-refractivity contribution is 0.581. The van der Waals surface area contributed by atoms with E-state index < -0.39 is 7.14 Å². The zero-order valence-electron chi connectivity index (χ0n) is 11.2. The second-order valence-corrected chi connectivity index (χ2v) is 7.55. The molecule has 0 aliphatic carbocycles. The van der Waals surface area contributed by atoms with Crippen molar-refractivity contribution in [3.63, 3.8) is 0 Å². The van der Waals surface area contributed by atoms with Gasteiger partial charge in [-0.3, -0.25) is 0 Å². The molecule has 19 heavy (non-hydrogen) atoms. The summed E-state index contributed by atoms with van der Waals surface area (Å²) in [5.41, 5.74) is -0.0164. The highest BCUT2D eigenvalue weighted by Gasteiger charge is 2.33. The summed E-state index contributed by atoms with van der Waals surface area (Å²) in [5, 5.41) is 1.82. The maximum Gasteiger partial charge on any atom is 0.149 e. The highest BCUT2D eigenvalue weighted by Crippen LogP contribution is 2.50. The minimum Gasteiger partial charge on any atom is -0.313 e. The first kappa shape index (κ1) is 13.8. The van der Waals surface area contributed by atoms with E-state index in [1.165, 1.54) is 0 Å². The van der Waals surface area contributed by atoms with Crippen molar-refractivity contribution in [3.8, 4) is 0 Å². The van der Waals surface area contributed by atoms with Gasteiger partial charge in [0.2, 0.25) is 0 Å². The smallest absolute Gasteiger partial charge is 0.149 e. The average Bonchev–Trinajstić information content (AvgIpc) is 2.50. The summed E-state index contributed by atoms with van der Waals surface area (Å²) in [4.78, 5) is 0. The van der Waals surface area contributed by atoms with E-state index in [1.807, 2.05) is 66.7 Å². The third-order valence-electron chi connectivity index (χ3n) is 3.44. The van der Waals surface area contributed by atoms with Crippen LogP contribution in [0, 0.1) is 0 Å². The van der Waals surface area contributed by atoms with E-state index >= 15 is 0 Å². The number of hydrogen-bond donors (Lipinski definition) is 0. The molecule has 0 bridgehead atoms. The highest BCUT2D eigenvalue weighted by atomic mass is 31.2. The van der Waals surface area contributed by atoms with E-state index in [1.54, 1.807) is 0 Å². The fourth-order valence-corrected chi connectivity index (χ4v) is 5.51. The molecule has 2 aromatic rings. The molecule has 2 aromatic carbocycles. The first-order valence-electron chi connectivity index (χ1n) is 6.57. The fraction of sp³-hybridized carbons (Fsp3) is 0.176. The second-order valence-electron chi connectivity index (χ2n) is 4.54. The Morgan fingerprint density at radius 2 is 1.42 bits per heavy atom. The predicted octanol–water partition coefficient (Wildman–Crippen LogP) is 3.97. The third-order valence-corrected chi connectivity index (χ3v) is 7.08. The van der Waals surface area contributed by atoms with Crippen molar-refractivity contribution in [3.05, 3.63) is 73.3 Å². The van der Waals surface area contributed by atoms with Gasteiger partial charge in [0.1, 0.15) is 7.14 Å². The summed E-state index contributed by atoms with van der Waals surface area (Å²) < 4.78 is 13.7. The van der Waals surface area contributed by atoms with Crippen LogP contribution in [0.4, 0.5) is 0 Å². The van der Waals surface area contributed by atoms with E-state index in [2.05, 4.69) is 13.5 Å². The fourth-order valence-electron chi connectivity index (χ4n) is 2.40. The van der Waals surface area contributed by atoms with Crippen molar-refractivity contribution in [2.24, 2.45) is 0 Å². The predicted molar refractivity (Wildman–Crippen MR) is 84.0 cm³/mol. The van der Waals surface area contributed by atoms with Crippen LogP contribution in [0.1, 0.15) is 13.3 Å². The zero-order chi connectivity index (χ0) is 13.7. The molecule has 0 saturated heterocycles. The summed E-state index contributed by atoms with van der Waals surface area (Å²) in [5.74, 6) is 0. The van der Waals surface area contributed by atoms with Crippen LogP contribution in [0.5, 0.6) is 0 Å². The summed E-state index contributed by atoms with van der Waals surface area (Å²) in [6.45, 7) is 5.94. The molecule has 2 heteroatoms. The van der Waals surface area contributed by atoms with Crippen LogP contribution in [0.15, 0.2) is 73.3 Å². The molecular formula is C17H19OP. The first-order valence-corrected chi connectivity index (χ1v) is 8.34. The van der Waals surface area contributed by atoms with Crippen LogP contribution < -0.4 is 10.6 Å². The van der Waals surface area contributed by atoms with Crippen molar-refractivity contribution in [2.45, 2.75) is 19.0 Å². The lowest BCUT2D eigenvalue weighted by Crippen LogP contribution is -2.24. The summed E-state index contributed by atoms with van der Waals surface area (Å²) in [6.07, 6.45) is 2.66. The van der Waals surface area contributed by atoms with E-state index in [-0.39, 0.29) is 5.66 Å².